The molecule has 0 spiro atoms. The maximum Gasteiger partial charge on any atom is 0.272 e. The molecule has 0 unspecified atom stereocenters. The van der Waals surface area contributed by atoms with Gasteiger partial charge in [0, 0.05) is 25.3 Å². The standard InChI is InChI=1S/C13H20N4O3S/c1-2-5-16-6-7-17(13(18)10-3-4-14-15-10)12-9-21(19,20)8-11(12)16/h3-4,11-12H,2,5-9H2,1H3,(H,14,15)/t11-,12+/m1/s1. The van der Waals surface area contributed by atoms with Crippen molar-refractivity contribution in [3.63, 3.8) is 0 Å². The lowest BCUT2D eigenvalue weighted by Gasteiger charge is -2.43. The largest absolute Gasteiger partial charge is 0.330 e. The van der Waals surface area contributed by atoms with Gasteiger partial charge in [-0.3, -0.25) is 14.8 Å². The van der Waals surface area contributed by atoms with Crippen LogP contribution < -0.4 is 0 Å². The summed E-state index contributed by atoms with van der Waals surface area (Å²) in [6.45, 7) is 4.25. The van der Waals surface area contributed by atoms with Crippen LogP contribution in [0.25, 0.3) is 0 Å². The van der Waals surface area contributed by atoms with Crippen LogP contribution in [0.3, 0.4) is 0 Å². The molecule has 0 aliphatic carbocycles. The Bertz CT molecular complexity index is 613. The number of sulfone groups is 1. The maximum absolute atomic E-state index is 12.5. The van der Waals surface area contributed by atoms with Gasteiger partial charge in [-0.05, 0) is 19.0 Å². The third kappa shape index (κ3) is 2.69. The van der Waals surface area contributed by atoms with E-state index in [1.165, 1.54) is 6.20 Å². The van der Waals surface area contributed by atoms with Gasteiger partial charge in [0.2, 0.25) is 0 Å². The van der Waals surface area contributed by atoms with Crippen molar-refractivity contribution in [2.75, 3.05) is 31.1 Å². The number of fused-ring (bicyclic) bond motifs is 1. The van der Waals surface area contributed by atoms with Crippen LogP contribution in [0, 0.1) is 0 Å². The maximum atomic E-state index is 12.5. The molecule has 2 aliphatic rings. The first kappa shape index (κ1) is 14.5. The highest BCUT2D eigenvalue weighted by atomic mass is 32.2. The molecule has 3 heterocycles. The molecule has 2 saturated heterocycles. The van der Waals surface area contributed by atoms with Gasteiger partial charge in [0.25, 0.3) is 5.91 Å². The van der Waals surface area contributed by atoms with Crippen LogP contribution in [0.5, 0.6) is 0 Å². The number of hydrogen-bond acceptors (Lipinski definition) is 5. The van der Waals surface area contributed by atoms with Gasteiger partial charge in [0.15, 0.2) is 9.84 Å². The van der Waals surface area contributed by atoms with Crippen molar-refractivity contribution in [2.24, 2.45) is 0 Å². The van der Waals surface area contributed by atoms with E-state index < -0.39 is 9.84 Å². The topological polar surface area (TPSA) is 86.4 Å². The quantitative estimate of drug-likeness (QED) is 0.831. The van der Waals surface area contributed by atoms with Crippen molar-refractivity contribution < 1.29 is 13.2 Å². The first-order valence-corrected chi connectivity index (χ1v) is 9.09. The van der Waals surface area contributed by atoms with Crippen molar-refractivity contribution >= 4 is 15.7 Å². The van der Waals surface area contributed by atoms with Crippen LogP contribution in [0.15, 0.2) is 12.3 Å². The van der Waals surface area contributed by atoms with E-state index in [1.54, 1.807) is 11.0 Å². The van der Waals surface area contributed by atoms with Crippen molar-refractivity contribution in [1.82, 2.24) is 20.0 Å². The van der Waals surface area contributed by atoms with Crippen molar-refractivity contribution in [2.45, 2.75) is 25.4 Å². The van der Waals surface area contributed by atoms with Crippen molar-refractivity contribution in [1.29, 1.82) is 0 Å². The summed E-state index contributed by atoms with van der Waals surface area (Å²) >= 11 is 0. The second-order valence-electron chi connectivity index (χ2n) is 5.72. The number of carbonyl (C=O) groups is 1. The number of carbonyl (C=O) groups excluding carboxylic acids is 1. The van der Waals surface area contributed by atoms with Gasteiger partial charge in [-0.1, -0.05) is 6.92 Å². The summed E-state index contributed by atoms with van der Waals surface area (Å²) in [5, 5.41) is 6.46. The molecule has 1 aromatic rings. The number of aromatic nitrogens is 2. The summed E-state index contributed by atoms with van der Waals surface area (Å²) in [5.74, 6) is 0.0677. The second kappa shape index (κ2) is 5.42. The van der Waals surface area contributed by atoms with E-state index in [0.717, 1.165) is 19.5 Å². The van der Waals surface area contributed by atoms with Crippen molar-refractivity contribution in [3.8, 4) is 0 Å². The number of H-pyrrole nitrogens is 1. The lowest BCUT2D eigenvalue weighted by molar-refractivity contribution is 0.0328. The van der Waals surface area contributed by atoms with Crippen LogP contribution in [0.2, 0.25) is 0 Å². The SMILES string of the molecule is CCCN1CCN(C(=O)c2ccn[nH]2)[C@H]2CS(=O)(=O)C[C@H]21. The molecule has 8 heteroatoms. The average Bonchev–Trinajstić information content (AvgIpc) is 3.05. The molecule has 21 heavy (non-hydrogen) atoms. The fourth-order valence-electron chi connectivity index (χ4n) is 3.37. The van der Waals surface area contributed by atoms with E-state index >= 15 is 0 Å². The van der Waals surface area contributed by atoms with Crippen LogP contribution in [-0.4, -0.2) is 77.5 Å². The molecule has 3 rings (SSSR count). The van der Waals surface area contributed by atoms with Gasteiger partial charge in [-0.2, -0.15) is 5.10 Å². The van der Waals surface area contributed by atoms with E-state index in [0.29, 0.717) is 12.2 Å². The van der Waals surface area contributed by atoms with Crippen LogP contribution in [0.1, 0.15) is 23.8 Å². The Labute approximate surface area is 124 Å². The van der Waals surface area contributed by atoms with Gasteiger partial charge in [0.05, 0.1) is 17.5 Å². The van der Waals surface area contributed by atoms with Gasteiger partial charge in [-0.15, -0.1) is 0 Å². The molecule has 116 valence electrons. The van der Waals surface area contributed by atoms with Gasteiger partial charge >= 0.3 is 0 Å². The highest BCUT2D eigenvalue weighted by Gasteiger charge is 2.47. The Morgan fingerprint density at radius 3 is 2.81 bits per heavy atom. The van der Waals surface area contributed by atoms with Crippen LogP contribution in [0.4, 0.5) is 0 Å². The Hall–Kier alpha value is -1.41. The Kier molecular flexibility index (Phi) is 3.75. The second-order valence-corrected chi connectivity index (χ2v) is 7.87. The van der Waals surface area contributed by atoms with E-state index in [9.17, 15) is 13.2 Å². The number of amides is 1. The molecule has 1 N–H and O–H groups in total. The number of hydrogen-bond donors (Lipinski definition) is 1. The Morgan fingerprint density at radius 1 is 1.38 bits per heavy atom. The van der Waals surface area contributed by atoms with E-state index in [1.807, 2.05) is 0 Å². The number of nitrogens with one attached hydrogen (secondary N) is 1. The third-order valence-electron chi connectivity index (χ3n) is 4.29. The van der Waals surface area contributed by atoms with E-state index in [-0.39, 0.29) is 29.5 Å². The molecule has 1 amide bonds. The summed E-state index contributed by atoms with van der Waals surface area (Å²) in [6.07, 6.45) is 2.52. The summed E-state index contributed by atoms with van der Waals surface area (Å²) < 4.78 is 24.0. The zero-order valence-electron chi connectivity index (χ0n) is 12.0. The number of nitrogens with zero attached hydrogens (tertiary/aromatic N) is 3. The summed E-state index contributed by atoms with van der Waals surface area (Å²) in [6, 6.07) is 1.31. The molecule has 2 fully saturated rings. The first-order chi connectivity index (χ1) is 10.0. The normalized spacial score (nSPS) is 28.5. The number of piperazine rings is 1. The number of rotatable bonds is 3. The highest BCUT2D eigenvalue weighted by Crippen LogP contribution is 2.28. The molecular weight excluding hydrogens is 292 g/mol. The summed E-state index contributed by atoms with van der Waals surface area (Å²) in [5.41, 5.74) is 0.419. The molecule has 0 aromatic carbocycles. The van der Waals surface area contributed by atoms with Gasteiger partial charge < -0.3 is 4.90 Å². The molecule has 2 aliphatic heterocycles. The minimum atomic E-state index is -3.08. The minimum absolute atomic E-state index is 0.0672. The minimum Gasteiger partial charge on any atom is -0.330 e. The van der Waals surface area contributed by atoms with Gasteiger partial charge in [0.1, 0.15) is 5.69 Å². The predicted molar refractivity (Wildman–Crippen MR) is 77.7 cm³/mol. The average molecular weight is 312 g/mol. The fraction of sp³-hybridized carbons (Fsp3) is 0.692. The zero-order chi connectivity index (χ0) is 15.0. The molecule has 0 saturated carbocycles. The van der Waals surface area contributed by atoms with Crippen LogP contribution >= 0.6 is 0 Å². The highest BCUT2D eigenvalue weighted by molar-refractivity contribution is 7.91. The molecule has 1 aromatic heterocycles. The fourth-order valence-corrected chi connectivity index (χ4v) is 5.38. The lowest BCUT2D eigenvalue weighted by Crippen LogP contribution is -2.60. The predicted octanol–water partition coefficient (Wildman–Crippen LogP) is -0.257. The summed E-state index contributed by atoms with van der Waals surface area (Å²) in [4.78, 5) is 16.4. The smallest absolute Gasteiger partial charge is 0.272 e. The molecule has 0 radical (unpaired) electrons. The van der Waals surface area contributed by atoms with Gasteiger partial charge in [-0.25, -0.2) is 8.42 Å². The Balaban J connectivity index is 1.86. The lowest BCUT2D eigenvalue weighted by atomic mass is 10.0. The van der Waals surface area contributed by atoms with Crippen LogP contribution in [-0.2, 0) is 9.84 Å². The van der Waals surface area contributed by atoms with E-state index in [4.69, 9.17) is 0 Å². The molecule has 7 nitrogen and oxygen atoms in total. The molecule has 2 atom stereocenters. The number of aromatic amines is 1. The third-order valence-corrected chi connectivity index (χ3v) is 5.99. The zero-order valence-corrected chi connectivity index (χ0v) is 12.8. The Morgan fingerprint density at radius 2 is 2.14 bits per heavy atom. The van der Waals surface area contributed by atoms with Crippen molar-refractivity contribution in [3.05, 3.63) is 18.0 Å². The molecule has 0 bridgehead atoms. The monoisotopic (exact) mass is 312 g/mol. The first-order valence-electron chi connectivity index (χ1n) is 7.26. The molecular formula is C13H20N4O3S. The van der Waals surface area contributed by atoms with E-state index in [2.05, 4.69) is 22.0 Å². The summed E-state index contributed by atoms with van der Waals surface area (Å²) in [7, 11) is -3.08.